The van der Waals surface area contributed by atoms with Crippen LogP contribution in [0, 0.1) is 6.92 Å². The number of rotatable bonds is 10. The molecule has 0 aliphatic rings. The van der Waals surface area contributed by atoms with Crippen LogP contribution in [0.25, 0.3) is 0 Å². The molecule has 3 heteroatoms. The number of hydrogen-bond donors (Lipinski definition) is 2. The number of benzene rings is 1. The lowest BCUT2D eigenvalue weighted by atomic mass is 10.1. The van der Waals surface area contributed by atoms with E-state index in [-0.39, 0.29) is 5.91 Å². The molecule has 1 aromatic rings. The van der Waals surface area contributed by atoms with Crippen molar-refractivity contribution < 1.29 is 4.79 Å². The fraction of sp³-hybridized carbons (Fsp3) is 0.588. The van der Waals surface area contributed by atoms with Crippen molar-refractivity contribution >= 4 is 11.6 Å². The average Bonchev–Trinajstić information content (AvgIpc) is 2.44. The second kappa shape index (κ2) is 10.4. The first-order valence-electron chi connectivity index (χ1n) is 7.79. The standard InChI is InChI=1S/C17H28N2O/c1-3-4-5-6-7-8-13-18-14-17(20)19-16-11-9-15(2)10-12-16/h9-12,18H,3-8,13-14H2,1-2H3,(H,19,20). The number of amides is 1. The number of carbonyl (C=O) groups excluding carboxylic acids is 1. The van der Waals surface area contributed by atoms with Crippen molar-refractivity contribution in [1.29, 1.82) is 0 Å². The predicted octanol–water partition coefficient (Wildman–Crippen LogP) is 3.88. The van der Waals surface area contributed by atoms with Gasteiger partial charge in [0, 0.05) is 5.69 Å². The van der Waals surface area contributed by atoms with E-state index in [1.54, 1.807) is 0 Å². The summed E-state index contributed by atoms with van der Waals surface area (Å²) in [6, 6.07) is 7.86. The molecule has 0 aliphatic carbocycles. The van der Waals surface area contributed by atoms with Gasteiger partial charge in [0.05, 0.1) is 6.54 Å². The SMILES string of the molecule is CCCCCCCCNCC(=O)Nc1ccc(C)cc1. The van der Waals surface area contributed by atoms with Crippen LogP contribution in [0.2, 0.25) is 0 Å². The van der Waals surface area contributed by atoms with Crippen LogP contribution in [0.1, 0.15) is 51.0 Å². The van der Waals surface area contributed by atoms with Crippen molar-refractivity contribution in [3.8, 4) is 0 Å². The topological polar surface area (TPSA) is 41.1 Å². The molecule has 0 unspecified atom stereocenters. The lowest BCUT2D eigenvalue weighted by Gasteiger charge is -2.07. The van der Waals surface area contributed by atoms with E-state index in [2.05, 4.69) is 17.6 Å². The van der Waals surface area contributed by atoms with Gasteiger partial charge in [-0.3, -0.25) is 4.79 Å². The number of hydrogen-bond acceptors (Lipinski definition) is 2. The minimum atomic E-state index is 0.0276. The van der Waals surface area contributed by atoms with Gasteiger partial charge in [0.15, 0.2) is 0 Å². The minimum Gasteiger partial charge on any atom is -0.325 e. The molecule has 1 aromatic carbocycles. The summed E-state index contributed by atoms with van der Waals surface area (Å²) in [5.41, 5.74) is 2.06. The fourth-order valence-electron chi connectivity index (χ4n) is 2.07. The molecule has 0 heterocycles. The molecule has 0 saturated heterocycles. The fourth-order valence-corrected chi connectivity index (χ4v) is 2.07. The van der Waals surface area contributed by atoms with Gasteiger partial charge in [0.1, 0.15) is 0 Å². The van der Waals surface area contributed by atoms with Crippen molar-refractivity contribution in [1.82, 2.24) is 5.32 Å². The summed E-state index contributed by atoms with van der Waals surface area (Å²) < 4.78 is 0. The monoisotopic (exact) mass is 276 g/mol. The Hall–Kier alpha value is -1.35. The molecule has 1 amide bonds. The Kier molecular flexibility index (Phi) is 8.72. The number of anilines is 1. The minimum absolute atomic E-state index is 0.0276. The first-order valence-corrected chi connectivity index (χ1v) is 7.79. The normalized spacial score (nSPS) is 10.5. The molecule has 0 saturated carbocycles. The highest BCUT2D eigenvalue weighted by atomic mass is 16.1. The van der Waals surface area contributed by atoms with Crippen molar-refractivity contribution in [3.63, 3.8) is 0 Å². The third-order valence-corrected chi connectivity index (χ3v) is 3.33. The van der Waals surface area contributed by atoms with Crippen LogP contribution in [-0.4, -0.2) is 19.0 Å². The Labute approximate surface area is 123 Å². The molecule has 0 atom stereocenters. The van der Waals surface area contributed by atoms with Crippen molar-refractivity contribution in [2.24, 2.45) is 0 Å². The maximum atomic E-state index is 11.7. The molecule has 0 radical (unpaired) electrons. The average molecular weight is 276 g/mol. The second-order valence-corrected chi connectivity index (χ2v) is 5.36. The van der Waals surface area contributed by atoms with Crippen molar-refractivity contribution in [3.05, 3.63) is 29.8 Å². The first-order chi connectivity index (χ1) is 9.72. The van der Waals surface area contributed by atoms with Crippen LogP contribution in [0.4, 0.5) is 5.69 Å². The Morgan fingerprint density at radius 3 is 2.35 bits per heavy atom. The van der Waals surface area contributed by atoms with Gasteiger partial charge in [-0.15, -0.1) is 0 Å². The summed E-state index contributed by atoms with van der Waals surface area (Å²) >= 11 is 0. The maximum absolute atomic E-state index is 11.7. The molecule has 0 spiro atoms. The summed E-state index contributed by atoms with van der Waals surface area (Å²) in [4.78, 5) is 11.7. The first kappa shape index (κ1) is 16.7. The third-order valence-electron chi connectivity index (χ3n) is 3.33. The number of unbranched alkanes of at least 4 members (excludes halogenated alkanes) is 5. The van der Waals surface area contributed by atoms with Crippen LogP contribution in [-0.2, 0) is 4.79 Å². The molecule has 0 fully saturated rings. The summed E-state index contributed by atoms with van der Waals surface area (Å²) in [5.74, 6) is 0.0276. The zero-order chi connectivity index (χ0) is 14.6. The van der Waals surface area contributed by atoms with Gasteiger partial charge in [-0.2, -0.15) is 0 Å². The quantitative estimate of drug-likeness (QED) is 0.637. The molecule has 0 aromatic heterocycles. The summed E-state index contributed by atoms with van der Waals surface area (Å²) in [7, 11) is 0. The molecule has 1 rings (SSSR count). The van der Waals surface area contributed by atoms with Gasteiger partial charge < -0.3 is 10.6 Å². The van der Waals surface area contributed by atoms with Gasteiger partial charge in [-0.1, -0.05) is 56.7 Å². The zero-order valence-corrected chi connectivity index (χ0v) is 12.9. The van der Waals surface area contributed by atoms with Crippen LogP contribution < -0.4 is 10.6 Å². The van der Waals surface area contributed by atoms with Crippen LogP contribution in [0.5, 0.6) is 0 Å². The van der Waals surface area contributed by atoms with Gasteiger partial charge in [0.25, 0.3) is 0 Å². The highest BCUT2D eigenvalue weighted by Crippen LogP contribution is 2.08. The molecular weight excluding hydrogens is 248 g/mol. The van der Waals surface area contributed by atoms with Gasteiger partial charge in [-0.25, -0.2) is 0 Å². The highest BCUT2D eigenvalue weighted by molar-refractivity contribution is 5.92. The Morgan fingerprint density at radius 2 is 1.65 bits per heavy atom. The molecule has 0 bridgehead atoms. The summed E-state index contributed by atoms with van der Waals surface area (Å²) in [6.07, 6.45) is 7.69. The number of nitrogens with one attached hydrogen (secondary N) is 2. The molecule has 20 heavy (non-hydrogen) atoms. The maximum Gasteiger partial charge on any atom is 0.238 e. The molecular formula is C17H28N2O. The van der Waals surface area contributed by atoms with Gasteiger partial charge in [-0.05, 0) is 32.0 Å². The molecule has 0 aliphatic heterocycles. The van der Waals surface area contributed by atoms with E-state index in [0.717, 1.165) is 18.7 Å². The van der Waals surface area contributed by atoms with E-state index in [1.807, 2.05) is 31.2 Å². The zero-order valence-electron chi connectivity index (χ0n) is 12.9. The Balaban J connectivity index is 2.01. The van der Waals surface area contributed by atoms with Gasteiger partial charge >= 0.3 is 0 Å². The number of aryl methyl sites for hydroxylation is 1. The predicted molar refractivity (Wildman–Crippen MR) is 86.1 cm³/mol. The van der Waals surface area contributed by atoms with Crippen molar-refractivity contribution in [2.45, 2.75) is 52.4 Å². The molecule has 3 nitrogen and oxygen atoms in total. The van der Waals surface area contributed by atoms with E-state index in [9.17, 15) is 4.79 Å². The van der Waals surface area contributed by atoms with E-state index in [4.69, 9.17) is 0 Å². The number of carbonyl (C=O) groups is 1. The van der Waals surface area contributed by atoms with Crippen LogP contribution in [0.15, 0.2) is 24.3 Å². The largest absolute Gasteiger partial charge is 0.325 e. The highest BCUT2D eigenvalue weighted by Gasteiger charge is 2.01. The van der Waals surface area contributed by atoms with Crippen LogP contribution >= 0.6 is 0 Å². The lowest BCUT2D eigenvalue weighted by molar-refractivity contribution is -0.115. The smallest absolute Gasteiger partial charge is 0.238 e. The van der Waals surface area contributed by atoms with E-state index < -0.39 is 0 Å². The second-order valence-electron chi connectivity index (χ2n) is 5.36. The molecule has 112 valence electrons. The van der Waals surface area contributed by atoms with Gasteiger partial charge in [0.2, 0.25) is 5.91 Å². The Morgan fingerprint density at radius 1 is 1.00 bits per heavy atom. The molecule has 2 N–H and O–H groups in total. The van der Waals surface area contributed by atoms with Crippen molar-refractivity contribution in [2.75, 3.05) is 18.4 Å². The lowest BCUT2D eigenvalue weighted by Crippen LogP contribution is -2.28. The third kappa shape index (κ3) is 7.95. The van der Waals surface area contributed by atoms with E-state index in [0.29, 0.717) is 6.54 Å². The van der Waals surface area contributed by atoms with E-state index >= 15 is 0 Å². The summed E-state index contributed by atoms with van der Waals surface area (Å²) in [6.45, 7) is 5.58. The van der Waals surface area contributed by atoms with E-state index in [1.165, 1.54) is 37.7 Å². The summed E-state index contributed by atoms with van der Waals surface area (Å²) in [5, 5.41) is 6.08. The van der Waals surface area contributed by atoms with Crippen LogP contribution in [0.3, 0.4) is 0 Å². The Bertz CT molecular complexity index is 373.